The summed E-state index contributed by atoms with van der Waals surface area (Å²) in [6.07, 6.45) is 6.48. The smallest absolute Gasteiger partial charge is 0.175 e. The van der Waals surface area contributed by atoms with Crippen LogP contribution in [0.2, 0.25) is 0 Å². The highest BCUT2D eigenvalue weighted by atomic mass is 79.9. The molecule has 148 valence electrons. The van der Waals surface area contributed by atoms with E-state index in [9.17, 15) is 4.39 Å². The van der Waals surface area contributed by atoms with Gasteiger partial charge in [0.2, 0.25) is 0 Å². The molecule has 0 aliphatic heterocycles. The Morgan fingerprint density at radius 2 is 1.89 bits per heavy atom. The van der Waals surface area contributed by atoms with Crippen molar-refractivity contribution in [3.05, 3.63) is 57.8 Å². The van der Waals surface area contributed by atoms with E-state index >= 15 is 0 Å². The maximum absolute atomic E-state index is 13.8. The number of hydrogen-bond donors (Lipinski definition) is 1. The molecule has 1 saturated carbocycles. The topological polar surface area (TPSA) is 30.5 Å². The van der Waals surface area contributed by atoms with E-state index in [2.05, 4.69) is 21.2 Å². The van der Waals surface area contributed by atoms with Gasteiger partial charge < -0.3 is 14.8 Å². The van der Waals surface area contributed by atoms with Crippen molar-refractivity contribution < 1.29 is 13.9 Å². The van der Waals surface area contributed by atoms with Gasteiger partial charge in [0, 0.05) is 18.2 Å². The molecule has 0 bridgehead atoms. The lowest BCUT2D eigenvalue weighted by Crippen LogP contribution is -2.30. The zero-order valence-electron chi connectivity index (χ0n) is 15.5. The first-order valence-electron chi connectivity index (χ1n) is 9.13. The molecule has 2 aromatic carbocycles. The van der Waals surface area contributed by atoms with Crippen molar-refractivity contribution in [2.24, 2.45) is 0 Å². The molecule has 1 fully saturated rings. The van der Waals surface area contributed by atoms with Crippen LogP contribution in [0.5, 0.6) is 11.5 Å². The lowest BCUT2D eigenvalue weighted by Gasteiger charge is -2.23. The number of hydrogen-bond acceptors (Lipinski definition) is 3. The summed E-state index contributed by atoms with van der Waals surface area (Å²) in [7, 11) is 1.62. The molecule has 27 heavy (non-hydrogen) atoms. The third kappa shape index (κ3) is 6.09. The molecular formula is C21H26BrClFNO2. The predicted molar refractivity (Wildman–Crippen MR) is 112 cm³/mol. The summed E-state index contributed by atoms with van der Waals surface area (Å²) in [4.78, 5) is 0. The fourth-order valence-electron chi connectivity index (χ4n) is 3.35. The molecule has 1 aliphatic rings. The first kappa shape index (κ1) is 22.0. The Bertz CT molecular complexity index is 738. The van der Waals surface area contributed by atoms with Crippen molar-refractivity contribution >= 4 is 28.3 Å². The van der Waals surface area contributed by atoms with E-state index in [1.807, 2.05) is 12.1 Å². The molecule has 1 aliphatic carbocycles. The van der Waals surface area contributed by atoms with Gasteiger partial charge in [-0.15, -0.1) is 12.4 Å². The summed E-state index contributed by atoms with van der Waals surface area (Å²) in [6, 6.07) is 11.2. The lowest BCUT2D eigenvalue weighted by atomic mass is 9.95. The van der Waals surface area contributed by atoms with Gasteiger partial charge in [0.05, 0.1) is 11.6 Å². The maximum Gasteiger partial charge on any atom is 0.175 e. The summed E-state index contributed by atoms with van der Waals surface area (Å²) in [5.41, 5.74) is 1.65. The van der Waals surface area contributed by atoms with Gasteiger partial charge in [-0.3, -0.25) is 0 Å². The number of nitrogens with one attached hydrogen (secondary N) is 1. The molecule has 0 saturated heterocycles. The Morgan fingerprint density at radius 3 is 2.59 bits per heavy atom. The largest absolute Gasteiger partial charge is 0.493 e. The van der Waals surface area contributed by atoms with Crippen LogP contribution in [0.25, 0.3) is 0 Å². The van der Waals surface area contributed by atoms with E-state index in [1.54, 1.807) is 25.3 Å². The minimum absolute atomic E-state index is 0. The molecule has 6 heteroatoms. The second-order valence-electron chi connectivity index (χ2n) is 6.70. The van der Waals surface area contributed by atoms with Gasteiger partial charge in [0.15, 0.2) is 11.5 Å². The maximum atomic E-state index is 13.8. The average Bonchev–Trinajstić information content (AvgIpc) is 2.67. The first-order valence-corrected chi connectivity index (χ1v) is 9.92. The first-order chi connectivity index (χ1) is 12.7. The molecule has 0 aromatic heterocycles. The van der Waals surface area contributed by atoms with E-state index in [4.69, 9.17) is 9.47 Å². The molecule has 0 atom stereocenters. The van der Waals surface area contributed by atoms with E-state index in [0.29, 0.717) is 23.1 Å². The highest BCUT2D eigenvalue weighted by Crippen LogP contribution is 2.37. The molecule has 2 aromatic rings. The molecule has 0 spiro atoms. The van der Waals surface area contributed by atoms with Gasteiger partial charge in [-0.2, -0.15) is 0 Å². The summed E-state index contributed by atoms with van der Waals surface area (Å²) in [5, 5.41) is 3.63. The predicted octanol–water partition coefficient (Wildman–Crippen LogP) is 6.02. The van der Waals surface area contributed by atoms with Gasteiger partial charge >= 0.3 is 0 Å². The molecular weight excluding hydrogens is 433 g/mol. The summed E-state index contributed by atoms with van der Waals surface area (Å²) in [5.74, 6) is 0.976. The minimum atomic E-state index is -0.268. The molecule has 0 unspecified atom stereocenters. The van der Waals surface area contributed by atoms with Crippen LogP contribution in [-0.2, 0) is 13.2 Å². The molecule has 1 N–H and O–H groups in total. The number of ether oxygens (including phenoxy) is 2. The average molecular weight is 459 g/mol. The fraction of sp³-hybridized carbons (Fsp3) is 0.429. The fourth-order valence-corrected chi connectivity index (χ4v) is 3.95. The Morgan fingerprint density at radius 1 is 1.15 bits per heavy atom. The van der Waals surface area contributed by atoms with Crippen LogP contribution in [0.3, 0.4) is 0 Å². The van der Waals surface area contributed by atoms with Crippen LogP contribution in [0.1, 0.15) is 43.2 Å². The summed E-state index contributed by atoms with van der Waals surface area (Å²) in [6.45, 7) is 0.953. The van der Waals surface area contributed by atoms with Crippen LogP contribution in [-0.4, -0.2) is 13.2 Å². The van der Waals surface area contributed by atoms with E-state index in [1.165, 1.54) is 38.2 Å². The van der Waals surface area contributed by atoms with Gasteiger partial charge in [0.1, 0.15) is 12.4 Å². The van der Waals surface area contributed by atoms with Crippen molar-refractivity contribution in [1.82, 2.24) is 5.32 Å². The van der Waals surface area contributed by atoms with Crippen molar-refractivity contribution in [3.63, 3.8) is 0 Å². The van der Waals surface area contributed by atoms with Crippen molar-refractivity contribution in [3.8, 4) is 11.5 Å². The standard InChI is InChI=1S/C21H25BrFNO2.ClH/c1-25-20-12-15(13-24-17-8-3-2-4-9-17)11-18(22)21(20)26-14-16-7-5-6-10-19(16)23;/h5-7,10-12,17,24H,2-4,8-9,13-14H2,1H3;1H. The minimum Gasteiger partial charge on any atom is -0.493 e. The van der Waals surface area contributed by atoms with Crippen molar-refractivity contribution in [1.29, 1.82) is 0 Å². The van der Waals surface area contributed by atoms with Crippen LogP contribution in [0, 0.1) is 5.82 Å². The molecule has 0 heterocycles. The Hall–Kier alpha value is -1.30. The second-order valence-corrected chi connectivity index (χ2v) is 7.56. The molecule has 0 radical (unpaired) electrons. The quantitative estimate of drug-likeness (QED) is 0.550. The van der Waals surface area contributed by atoms with Crippen molar-refractivity contribution in [2.45, 2.75) is 51.3 Å². The highest BCUT2D eigenvalue weighted by molar-refractivity contribution is 9.10. The molecule has 0 amide bonds. The Kier molecular flexibility index (Phi) is 8.87. The third-order valence-corrected chi connectivity index (χ3v) is 5.41. The second kappa shape index (κ2) is 10.9. The molecule has 3 nitrogen and oxygen atoms in total. The van der Waals surface area contributed by atoms with Crippen molar-refractivity contribution in [2.75, 3.05) is 7.11 Å². The number of halogens is 3. The lowest BCUT2D eigenvalue weighted by molar-refractivity contribution is 0.277. The van der Waals surface area contributed by atoms with Gasteiger partial charge in [-0.25, -0.2) is 4.39 Å². The van der Waals surface area contributed by atoms with Crippen LogP contribution in [0.15, 0.2) is 40.9 Å². The molecule has 3 rings (SSSR count). The summed E-state index contributed by atoms with van der Waals surface area (Å²) >= 11 is 3.57. The Labute approximate surface area is 175 Å². The SMILES string of the molecule is COc1cc(CNC2CCCCC2)cc(Br)c1OCc1ccccc1F.Cl. The third-order valence-electron chi connectivity index (χ3n) is 4.82. The monoisotopic (exact) mass is 457 g/mol. The van der Waals surface area contributed by atoms with Crippen LogP contribution < -0.4 is 14.8 Å². The van der Waals surface area contributed by atoms with Gasteiger partial charge in [0.25, 0.3) is 0 Å². The van der Waals surface area contributed by atoms with E-state index < -0.39 is 0 Å². The van der Waals surface area contributed by atoms with E-state index in [0.717, 1.165) is 16.6 Å². The zero-order valence-corrected chi connectivity index (χ0v) is 17.9. The van der Waals surface area contributed by atoms with Gasteiger partial charge in [-0.1, -0.05) is 37.5 Å². The number of rotatable bonds is 7. The zero-order chi connectivity index (χ0) is 18.4. The van der Waals surface area contributed by atoms with E-state index in [-0.39, 0.29) is 24.8 Å². The number of methoxy groups -OCH3 is 1. The summed E-state index contributed by atoms with van der Waals surface area (Å²) < 4.78 is 25.9. The Balaban J connectivity index is 0.00000261. The van der Waals surface area contributed by atoms with Gasteiger partial charge in [-0.05, 0) is 52.5 Å². The normalized spacial score (nSPS) is 14.5. The number of benzene rings is 2. The van der Waals surface area contributed by atoms with Crippen LogP contribution >= 0.6 is 28.3 Å². The van der Waals surface area contributed by atoms with Crippen LogP contribution in [0.4, 0.5) is 4.39 Å². The highest BCUT2D eigenvalue weighted by Gasteiger charge is 2.15.